The Labute approximate surface area is 97.8 Å². The van der Waals surface area contributed by atoms with E-state index in [0.717, 1.165) is 6.08 Å². The largest absolute Gasteiger partial charge is 0.497 e. The molecule has 6 heteroatoms. The molecule has 0 spiro atoms. The van der Waals surface area contributed by atoms with E-state index < -0.39 is 11.9 Å². The number of azide groups is 1. The van der Waals surface area contributed by atoms with Crippen LogP contribution < -0.4 is 4.74 Å². The van der Waals surface area contributed by atoms with E-state index in [1.54, 1.807) is 24.3 Å². The van der Waals surface area contributed by atoms with Gasteiger partial charge in [0.1, 0.15) is 17.7 Å². The second-order valence-electron chi connectivity index (χ2n) is 3.18. The molecule has 1 rings (SSSR count). The number of hydrogen-bond acceptors (Lipinski definition) is 3. The van der Waals surface area contributed by atoms with E-state index in [-0.39, 0.29) is 6.54 Å². The number of hydrogen-bond donors (Lipinski definition) is 1. The Morgan fingerprint density at radius 1 is 1.59 bits per heavy atom. The number of aliphatic hydroxyl groups is 1. The Balaban J connectivity index is 2.76. The lowest BCUT2D eigenvalue weighted by atomic mass is 10.1. The Bertz CT molecular complexity index is 439. The van der Waals surface area contributed by atoms with Crippen LogP contribution in [-0.2, 0) is 0 Å². The minimum Gasteiger partial charge on any atom is -0.497 e. The van der Waals surface area contributed by atoms with Crippen molar-refractivity contribution in [2.75, 3.05) is 13.7 Å². The van der Waals surface area contributed by atoms with Crippen molar-refractivity contribution >= 4 is 0 Å². The van der Waals surface area contributed by atoms with Crippen LogP contribution in [-0.4, -0.2) is 18.8 Å². The number of methoxy groups -OCH3 is 1. The number of rotatable bonds is 5. The highest BCUT2D eigenvalue weighted by molar-refractivity contribution is 5.31. The standard InChI is InChI=1S/C11H12FN3O2/c1-17-9-4-2-8(3-5-9)11(16)10(12)6-7-14-15-13/h2-6,11,16H,7H2,1H3/b10-6-. The second kappa shape index (κ2) is 6.52. The topological polar surface area (TPSA) is 78.2 Å². The van der Waals surface area contributed by atoms with Crippen LogP contribution in [0.2, 0.25) is 0 Å². The zero-order chi connectivity index (χ0) is 12.7. The summed E-state index contributed by atoms with van der Waals surface area (Å²) in [5, 5.41) is 12.8. The summed E-state index contributed by atoms with van der Waals surface area (Å²) in [5.74, 6) is -0.123. The van der Waals surface area contributed by atoms with Crippen LogP contribution in [0, 0.1) is 0 Å². The van der Waals surface area contributed by atoms with E-state index in [9.17, 15) is 9.50 Å². The van der Waals surface area contributed by atoms with Gasteiger partial charge in [-0.25, -0.2) is 4.39 Å². The molecule has 90 valence electrons. The summed E-state index contributed by atoms with van der Waals surface area (Å²) in [5.41, 5.74) is 8.43. The van der Waals surface area contributed by atoms with Crippen LogP contribution in [0.5, 0.6) is 5.75 Å². The highest BCUT2D eigenvalue weighted by Crippen LogP contribution is 2.24. The minimum atomic E-state index is -1.35. The molecular formula is C11H12FN3O2. The molecule has 1 unspecified atom stereocenters. The van der Waals surface area contributed by atoms with Crippen molar-refractivity contribution in [1.82, 2.24) is 0 Å². The van der Waals surface area contributed by atoms with Gasteiger partial charge in [0, 0.05) is 11.5 Å². The molecule has 0 radical (unpaired) electrons. The number of ether oxygens (including phenoxy) is 1. The zero-order valence-corrected chi connectivity index (χ0v) is 9.25. The second-order valence-corrected chi connectivity index (χ2v) is 3.18. The molecule has 1 atom stereocenters. The molecule has 1 aromatic rings. The SMILES string of the molecule is COc1ccc(C(O)/C(F)=C/CN=[N+]=[N-])cc1. The fourth-order valence-electron chi connectivity index (χ4n) is 1.22. The average Bonchev–Trinajstić information content (AvgIpc) is 2.38. The van der Waals surface area contributed by atoms with Crippen LogP contribution >= 0.6 is 0 Å². The highest BCUT2D eigenvalue weighted by Gasteiger charge is 2.12. The van der Waals surface area contributed by atoms with Crippen LogP contribution in [0.3, 0.4) is 0 Å². The van der Waals surface area contributed by atoms with Gasteiger partial charge in [-0.15, -0.1) is 0 Å². The molecule has 5 nitrogen and oxygen atoms in total. The Hall–Kier alpha value is -2.04. The van der Waals surface area contributed by atoms with E-state index >= 15 is 0 Å². The van der Waals surface area contributed by atoms with Crippen molar-refractivity contribution in [1.29, 1.82) is 0 Å². The van der Waals surface area contributed by atoms with Crippen molar-refractivity contribution in [2.24, 2.45) is 5.11 Å². The van der Waals surface area contributed by atoms with Gasteiger partial charge in [-0.1, -0.05) is 17.2 Å². The van der Waals surface area contributed by atoms with E-state index in [4.69, 9.17) is 10.3 Å². The summed E-state index contributed by atoms with van der Waals surface area (Å²) in [6, 6.07) is 6.37. The predicted octanol–water partition coefficient (Wildman–Crippen LogP) is 2.89. The Morgan fingerprint density at radius 2 is 2.24 bits per heavy atom. The van der Waals surface area contributed by atoms with Crippen molar-refractivity contribution in [2.45, 2.75) is 6.10 Å². The van der Waals surface area contributed by atoms with Gasteiger partial charge < -0.3 is 9.84 Å². The third kappa shape index (κ3) is 3.79. The van der Waals surface area contributed by atoms with Gasteiger partial charge in [0.2, 0.25) is 0 Å². The van der Waals surface area contributed by atoms with E-state index in [2.05, 4.69) is 10.0 Å². The van der Waals surface area contributed by atoms with Crippen LogP contribution in [0.4, 0.5) is 4.39 Å². The molecular weight excluding hydrogens is 225 g/mol. The van der Waals surface area contributed by atoms with E-state index in [1.807, 2.05) is 0 Å². The first-order valence-electron chi connectivity index (χ1n) is 4.87. The van der Waals surface area contributed by atoms with Gasteiger partial charge in [-0.3, -0.25) is 0 Å². The maximum atomic E-state index is 13.4. The molecule has 17 heavy (non-hydrogen) atoms. The molecule has 0 aliphatic rings. The van der Waals surface area contributed by atoms with Gasteiger partial charge in [0.25, 0.3) is 0 Å². The van der Waals surface area contributed by atoms with E-state index in [0.29, 0.717) is 11.3 Å². The summed E-state index contributed by atoms with van der Waals surface area (Å²) in [6.07, 6.45) is -0.316. The van der Waals surface area contributed by atoms with Crippen molar-refractivity contribution < 1.29 is 14.2 Å². The number of benzene rings is 1. The summed E-state index contributed by atoms with van der Waals surface area (Å²) in [6.45, 7) is -0.129. The van der Waals surface area contributed by atoms with Crippen LogP contribution in [0.25, 0.3) is 10.4 Å². The third-order valence-electron chi connectivity index (χ3n) is 2.12. The minimum absolute atomic E-state index is 0.129. The maximum absolute atomic E-state index is 13.4. The lowest BCUT2D eigenvalue weighted by Gasteiger charge is -2.09. The molecule has 0 aliphatic heterocycles. The number of halogens is 1. The third-order valence-corrected chi connectivity index (χ3v) is 2.12. The fourth-order valence-corrected chi connectivity index (χ4v) is 1.22. The van der Waals surface area contributed by atoms with E-state index in [1.165, 1.54) is 7.11 Å². The van der Waals surface area contributed by atoms with Crippen molar-refractivity contribution in [3.8, 4) is 5.75 Å². The fraction of sp³-hybridized carbons (Fsp3) is 0.273. The first-order valence-corrected chi connectivity index (χ1v) is 4.87. The number of aliphatic hydroxyl groups excluding tert-OH is 1. The Kier molecular flexibility index (Phi) is 5.00. The smallest absolute Gasteiger partial charge is 0.130 e. The molecule has 0 aromatic heterocycles. The zero-order valence-electron chi connectivity index (χ0n) is 9.25. The molecule has 0 fully saturated rings. The number of nitrogens with zero attached hydrogens (tertiary/aromatic N) is 3. The molecule has 0 bridgehead atoms. The lowest BCUT2D eigenvalue weighted by Crippen LogP contribution is -1.98. The van der Waals surface area contributed by atoms with Gasteiger partial charge in [-0.2, -0.15) is 0 Å². The Morgan fingerprint density at radius 3 is 2.76 bits per heavy atom. The van der Waals surface area contributed by atoms with Crippen molar-refractivity contribution in [3.05, 3.63) is 52.2 Å². The molecule has 1 aromatic carbocycles. The average molecular weight is 237 g/mol. The molecule has 0 saturated carbocycles. The van der Waals surface area contributed by atoms with Gasteiger partial charge in [-0.05, 0) is 29.3 Å². The quantitative estimate of drug-likeness (QED) is 0.485. The first-order chi connectivity index (χ1) is 8.19. The van der Waals surface area contributed by atoms with Gasteiger partial charge in [0.05, 0.1) is 7.11 Å². The lowest BCUT2D eigenvalue weighted by molar-refractivity contribution is 0.185. The predicted molar refractivity (Wildman–Crippen MR) is 61.2 cm³/mol. The summed E-state index contributed by atoms with van der Waals surface area (Å²) >= 11 is 0. The molecule has 0 aliphatic carbocycles. The normalized spacial score (nSPS) is 12.8. The maximum Gasteiger partial charge on any atom is 0.130 e. The highest BCUT2D eigenvalue weighted by atomic mass is 19.1. The van der Waals surface area contributed by atoms with Crippen LogP contribution in [0.1, 0.15) is 11.7 Å². The summed E-state index contributed by atoms with van der Waals surface area (Å²) in [4.78, 5) is 2.48. The van der Waals surface area contributed by atoms with Crippen LogP contribution in [0.15, 0.2) is 41.3 Å². The molecule has 0 amide bonds. The molecule has 0 saturated heterocycles. The molecule has 1 N–H and O–H groups in total. The summed E-state index contributed by atoms with van der Waals surface area (Å²) in [7, 11) is 1.52. The first kappa shape index (κ1) is 13.0. The molecule has 0 heterocycles. The van der Waals surface area contributed by atoms with Crippen molar-refractivity contribution in [3.63, 3.8) is 0 Å². The van der Waals surface area contributed by atoms with Gasteiger partial charge >= 0.3 is 0 Å². The monoisotopic (exact) mass is 237 g/mol. The summed E-state index contributed by atoms with van der Waals surface area (Å²) < 4.78 is 18.3. The van der Waals surface area contributed by atoms with Gasteiger partial charge in [0.15, 0.2) is 0 Å².